The van der Waals surface area contributed by atoms with Crippen LogP contribution in [0.3, 0.4) is 0 Å². The van der Waals surface area contributed by atoms with E-state index >= 15 is 0 Å². The van der Waals surface area contributed by atoms with Gasteiger partial charge in [0.1, 0.15) is 0 Å². The number of hydrogen-bond donors (Lipinski definition) is 0. The quantitative estimate of drug-likeness (QED) is 0.787. The Morgan fingerprint density at radius 2 is 1.60 bits per heavy atom. The summed E-state index contributed by atoms with van der Waals surface area (Å²) in [6.45, 7) is 0. The third kappa shape index (κ3) is 2.52. The molecular weight excluding hydrogens is 297 g/mol. The van der Waals surface area contributed by atoms with Crippen molar-refractivity contribution in [3.8, 4) is 0 Å². The van der Waals surface area contributed by atoms with Crippen molar-refractivity contribution in [1.29, 1.82) is 0 Å². The topological polar surface area (TPSA) is 34.1 Å². The lowest BCUT2D eigenvalue weighted by molar-refractivity contribution is -0.0436. The van der Waals surface area contributed by atoms with Gasteiger partial charge in [0.15, 0.2) is 0 Å². The Hall–Kier alpha value is -0.560. The number of rotatable bonds is 2. The second kappa shape index (κ2) is 4.13. The molecular formula is C8H6BrF3O2S. The zero-order valence-electron chi connectivity index (χ0n) is 7.25. The van der Waals surface area contributed by atoms with Crippen LogP contribution in [0.5, 0.6) is 0 Å². The highest BCUT2D eigenvalue weighted by Gasteiger charge is 2.46. The smallest absolute Gasteiger partial charge is 0.214 e. The second-order valence-electron chi connectivity index (χ2n) is 2.73. The normalized spacial score (nSPS) is 12.8. The monoisotopic (exact) mass is 302 g/mol. The summed E-state index contributed by atoms with van der Waals surface area (Å²) in [7, 11) is -5.22. The molecule has 0 bridgehead atoms. The summed E-state index contributed by atoms with van der Waals surface area (Å²) in [5.74, 6) is 0. The molecule has 0 amide bonds. The van der Waals surface area contributed by atoms with E-state index in [1.54, 1.807) is 0 Å². The summed E-state index contributed by atoms with van der Waals surface area (Å²) < 4.78 is 58.1. The van der Waals surface area contributed by atoms with E-state index in [1.165, 1.54) is 12.1 Å². The minimum atomic E-state index is -5.25. The maximum atomic E-state index is 12.1. The largest absolute Gasteiger partial charge is 0.501 e. The first-order chi connectivity index (χ1) is 6.79. The highest BCUT2D eigenvalue weighted by Crippen LogP contribution is 2.30. The molecule has 84 valence electrons. The summed E-state index contributed by atoms with van der Waals surface area (Å²) in [6, 6.07) is 4.54. The maximum absolute atomic E-state index is 12.1. The predicted octanol–water partition coefficient (Wildman–Crippen LogP) is 2.88. The molecule has 1 aromatic carbocycles. The number of halogens is 4. The molecule has 2 nitrogen and oxygen atoms in total. The van der Waals surface area contributed by atoms with E-state index in [2.05, 4.69) is 15.9 Å². The van der Waals surface area contributed by atoms with E-state index in [-0.39, 0.29) is 0 Å². The Morgan fingerprint density at radius 1 is 1.13 bits per heavy atom. The van der Waals surface area contributed by atoms with Gasteiger partial charge in [-0.2, -0.15) is 13.2 Å². The second-order valence-corrected chi connectivity index (χ2v) is 5.23. The van der Waals surface area contributed by atoms with E-state index < -0.39 is 20.2 Å². The number of sulfone groups is 1. The van der Waals surface area contributed by atoms with Gasteiger partial charge in [0.25, 0.3) is 9.84 Å². The molecule has 1 rings (SSSR count). The fourth-order valence-corrected chi connectivity index (χ4v) is 2.03. The van der Waals surface area contributed by atoms with Gasteiger partial charge in [-0.05, 0) is 17.7 Å². The van der Waals surface area contributed by atoms with Crippen LogP contribution in [-0.4, -0.2) is 13.9 Å². The summed E-state index contributed by atoms with van der Waals surface area (Å²) in [5, 5.41) is 0.458. The molecule has 15 heavy (non-hydrogen) atoms. The van der Waals surface area contributed by atoms with Gasteiger partial charge in [0.2, 0.25) is 0 Å². The molecule has 1 aromatic rings. The van der Waals surface area contributed by atoms with Crippen molar-refractivity contribution in [2.24, 2.45) is 0 Å². The fourth-order valence-electron chi connectivity index (χ4n) is 0.891. The van der Waals surface area contributed by atoms with E-state index in [0.29, 0.717) is 10.9 Å². The van der Waals surface area contributed by atoms with Crippen molar-refractivity contribution in [1.82, 2.24) is 0 Å². The highest BCUT2D eigenvalue weighted by atomic mass is 79.9. The molecule has 7 heteroatoms. The van der Waals surface area contributed by atoms with Crippen molar-refractivity contribution >= 4 is 25.8 Å². The lowest BCUT2D eigenvalue weighted by Gasteiger charge is -2.07. The molecule has 0 unspecified atom stereocenters. The van der Waals surface area contributed by atoms with Gasteiger partial charge in [-0.25, -0.2) is 8.42 Å². The molecule has 0 saturated carbocycles. The lowest BCUT2D eigenvalue weighted by Crippen LogP contribution is -2.23. The molecule has 0 radical (unpaired) electrons. The van der Waals surface area contributed by atoms with Gasteiger partial charge in [0, 0.05) is 5.33 Å². The molecule has 0 atom stereocenters. The third-order valence-electron chi connectivity index (χ3n) is 1.69. The van der Waals surface area contributed by atoms with Crippen molar-refractivity contribution in [3.05, 3.63) is 29.8 Å². The van der Waals surface area contributed by atoms with Gasteiger partial charge < -0.3 is 0 Å². The Labute approximate surface area is 93.2 Å². The van der Waals surface area contributed by atoms with Crippen LogP contribution in [0.15, 0.2) is 29.2 Å². The summed E-state index contributed by atoms with van der Waals surface area (Å²) in [4.78, 5) is -0.736. The molecule has 0 fully saturated rings. The molecule has 0 aliphatic rings. The van der Waals surface area contributed by atoms with E-state index in [0.717, 1.165) is 12.1 Å². The van der Waals surface area contributed by atoms with Crippen LogP contribution < -0.4 is 0 Å². The van der Waals surface area contributed by atoms with Gasteiger partial charge in [-0.3, -0.25) is 0 Å². The molecule has 0 saturated heterocycles. The Kier molecular flexibility index (Phi) is 3.44. The number of hydrogen-bond acceptors (Lipinski definition) is 2. The predicted molar refractivity (Wildman–Crippen MR) is 52.3 cm³/mol. The standard InChI is InChI=1S/C8H6BrF3O2S/c9-5-6-1-3-7(4-2-6)15(13,14)8(10,11)12/h1-4H,5H2. The number of benzene rings is 1. The molecule has 0 spiro atoms. The van der Waals surface area contributed by atoms with Crippen molar-refractivity contribution in [2.75, 3.05) is 0 Å². The minimum absolute atomic E-state index is 0.458. The summed E-state index contributed by atoms with van der Waals surface area (Å²) >= 11 is 3.10. The summed E-state index contributed by atoms with van der Waals surface area (Å²) in [5.41, 5.74) is -4.54. The van der Waals surface area contributed by atoms with Crippen LogP contribution in [-0.2, 0) is 15.2 Å². The number of alkyl halides is 4. The Morgan fingerprint density at radius 3 is 1.93 bits per heavy atom. The minimum Gasteiger partial charge on any atom is -0.214 e. The Bertz CT molecular complexity index is 436. The molecule has 0 aromatic heterocycles. The first kappa shape index (κ1) is 12.5. The van der Waals surface area contributed by atoms with E-state index in [1.807, 2.05) is 0 Å². The average Bonchev–Trinajstić information content (AvgIpc) is 2.16. The molecule has 0 N–H and O–H groups in total. The summed E-state index contributed by atoms with van der Waals surface area (Å²) in [6.07, 6.45) is 0. The van der Waals surface area contributed by atoms with Crippen molar-refractivity contribution < 1.29 is 21.6 Å². The highest BCUT2D eigenvalue weighted by molar-refractivity contribution is 9.08. The van der Waals surface area contributed by atoms with Gasteiger partial charge in [0.05, 0.1) is 4.90 Å². The molecule has 0 aliphatic carbocycles. The lowest BCUT2D eigenvalue weighted by atomic mass is 10.2. The van der Waals surface area contributed by atoms with E-state index in [4.69, 9.17) is 0 Å². The van der Waals surface area contributed by atoms with Crippen LogP contribution in [0.4, 0.5) is 13.2 Å². The van der Waals surface area contributed by atoms with Crippen molar-refractivity contribution in [3.63, 3.8) is 0 Å². The van der Waals surface area contributed by atoms with Gasteiger partial charge in [-0.1, -0.05) is 28.1 Å². The Balaban J connectivity index is 3.18. The SMILES string of the molecule is O=S(=O)(c1ccc(CBr)cc1)C(F)(F)F. The third-order valence-corrected chi connectivity index (χ3v) is 3.84. The van der Waals surface area contributed by atoms with Crippen molar-refractivity contribution in [2.45, 2.75) is 15.7 Å². The van der Waals surface area contributed by atoms with Crippen LogP contribution in [0.2, 0.25) is 0 Å². The zero-order valence-corrected chi connectivity index (χ0v) is 9.66. The van der Waals surface area contributed by atoms with Crippen LogP contribution in [0.25, 0.3) is 0 Å². The van der Waals surface area contributed by atoms with Gasteiger partial charge in [-0.15, -0.1) is 0 Å². The average molecular weight is 303 g/mol. The molecule has 0 heterocycles. The van der Waals surface area contributed by atoms with Crippen LogP contribution in [0.1, 0.15) is 5.56 Å². The molecule has 0 aliphatic heterocycles. The maximum Gasteiger partial charge on any atom is 0.501 e. The fraction of sp³-hybridized carbons (Fsp3) is 0.250. The van der Waals surface area contributed by atoms with Gasteiger partial charge >= 0.3 is 5.51 Å². The first-order valence-electron chi connectivity index (χ1n) is 3.75. The zero-order chi connectivity index (χ0) is 11.7. The van der Waals surface area contributed by atoms with E-state index in [9.17, 15) is 21.6 Å². The van der Waals surface area contributed by atoms with Crippen LogP contribution >= 0.6 is 15.9 Å². The van der Waals surface area contributed by atoms with Crippen LogP contribution in [0, 0.1) is 0 Å². The first-order valence-corrected chi connectivity index (χ1v) is 6.36.